The molecule has 2 heterocycles. The number of para-hydroxylation sites is 3. The summed E-state index contributed by atoms with van der Waals surface area (Å²) in [5.41, 5.74) is 2.16. The molecule has 1 N–H and O–H groups in total. The van der Waals surface area contributed by atoms with Crippen molar-refractivity contribution in [1.82, 2.24) is 14.8 Å². The van der Waals surface area contributed by atoms with Crippen LogP contribution < -0.4 is 10.3 Å². The summed E-state index contributed by atoms with van der Waals surface area (Å²) in [5.74, 6) is 0.633. The number of hydrogen-bond acceptors (Lipinski definition) is 3. The van der Waals surface area contributed by atoms with E-state index < -0.39 is 0 Å². The number of aromatic amines is 1. The number of aromatic nitrogens is 3. The van der Waals surface area contributed by atoms with Gasteiger partial charge in [-0.1, -0.05) is 30.3 Å². The van der Waals surface area contributed by atoms with Crippen LogP contribution >= 0.6 is 0 Å². The first-order valence-corrected chi connectivity index (χ1v) is 6.91. The molecule has 0 saturated carbocycles. The average molecular weight is 291 g/mol. The van der Waals surface area contributed by atoms with E-state index in [2.05, 4.69) is 10.1 Å². The maximum atomic E-state index is 12.7. The first-order chi connectivity index (χ1) is 10.8. The number of nitrogens with zero attached hydrogens (tertiary/aromatic N) is 2. The highest BCUT2D eigenvalue weighted by Crippen LogP contribution is 2.24. The summed E-state index contributed by atoms with van der Waals surface area (Å²) in [6, 6.07) is 15.1. The molecule has 4 aromatic rings. The van der Waals surface area contributed by atoms with Crippen molar-refractivity contribution in [3.8, 4) is 11.4 Å². The zero-order valence-corrected chi connectivity index (χ0v) is 11.9. The number of methoxy groups -OCH3 is 1. The van der Waals surface area contributed by atoms with Crippen molar-refractivity contribution in [2.24, 2.45) is 0 Å². The van der Waals surface area contributed by atoms with Gasteiger partial charge in [-0.15, -0.1) is 0 Å². The number of ether oxygens (including phenoxy) is 1. The van der Waals surface area contributed by atoms with E-state index in [4.69, 9.17) is 4.74 Å². The molecule has 0 atom stereocenters. The standard InChI is InChI=1S/C17H13N3O2/c1-22-15-9-5-4-8-14(15)20-17(21)12-10-18-13-7-3-2-6-11(13)16(12)19-20/h2-10,19H,1H3. The maximum absolute atomic E-state index is 12.7. The number of nitrogens with one attached hydrogen (secondary N) is 1. The quantitative estimate of drug-likeness (QED) is 0.618. The number of H-pyrrole nitrogens is 1. The molecule has 5 heteroatoms. The van der Waals surface area contributed by atoms with Crippen LogP contribution in [0.15, 0.2) is 59.5 Å². The Balaban J connectivity index is 2.10. The van der Waals surface area contributed by atoms with Gasteiger partial charge in [-0.2, -0.15) is 0 Å². The maximum Gasteiger partial charge on any atom is 0.280 e. The normalized spacial score (nSPS) is 11.1. The lowest BCUT2D eigenvalue weighted by molar-refractivity contribution is 0.411. The fraction of sp³-hybridized carbons (Fsp3) is 0.0588. The van der Waals surface area contributed by atoms with Crippen molar-refractivity contribution in [3.63, 3.8) is 0 Å². The van der Waals surface area contributed by atoms with Crippen LogP contribution in [-0.4, -0.2) is 21.9 Å². The molecule has 0 fully saturated rings. The van der Waals surface area contributed by atoms with Crippen molar-refractivity contribution in [1.29, 1.82) is 0 Å². The van der Waals surface area contributed by atoms with Gasteiger partial charge in [0.1, 0.15) is 11.4 Å². The van der Waals surface area contributed by atoms with Crippen LogP contribution in [0.2, 0.25) is 0 Å². The summed E-state index contributed by atoms with van der Waals surface area (Å²) in [7, 11) is 1.59. The number of pyridine rings is 1. The van der Waals surface area contributed by atoms with Gasteiger partial charge in [0.15, 0.2) is 0 Å². The van der Waals surface area contributed by atoms with Crippen molar-refractivity contribution in [2.45, 2.75) is 0 Å². The molecule has 0 aliphatic rings. The Hall–Kier alpha value is -3.08. The van der Waals surface area contributed by atoms with E-state index in [1.807, 2.05) is 48.5 Å². The van der Waals surface area contributed by atoms with Gasteiger partial charge in [-0.05, 0) is 18.2 Å². The number of hydrogen-bond donors (Lipinski definition) is 1. The minimum Gasteiger partial charge on any atom is -0.494 e. The Labute approximate surface area is 125 Å². The molecule has 4 rings (SSSR count). The SMILES string of the molecule is COc1ccccc1-n1[nH]c2c(cnc3ccccc32)c1=O. The van der Waals surface area contributed by atoms with Crippen molar-refractivity contribution in [2.75, 3.05) is 7.11 Å². The Kier molecular flexibility index (Phi) is 2.72. The number of benzene rings is 2. The third-order valence-corrected chi connectivity index (χ3v) is 3.76. The van der Waals surface area contributed by atoms with E-state index in [0.29, 0.717) is 16.8 Å². The second-order valence-electron chi connectivity index (χ2n) is 4.99. The fourth-order valence-electron chi connectivity index (χ4n) is 2.69. The zero-order valence-electron chi connectivity index (χ0n) is 11.9. The lowest BCUT2D eigenvalue weighted by Gasteiger charge is -2.07. The third kappa shape index (κ3) is 1.72. The van der Waals surface area contributed by atoms with Crippen LogP contribution in [0.4, 0.5) is 0 Å². The van der Waals surface area contributed by atoms with Crippen LogP contribution in [0.1, 0.15) is 0 Å². The molecule has 0 amide bonds. The van der Waals surface area contributed by atoms with E-state index in [0.717, 1.165) is 16.4 Å². The van der Waals surface area contributed by atoms with Crippen LogP contribution in [0, 0.1) is 0 Å². The number of fused-ring (bicyclic) bond motifs is 3. The summed E-state index contributed by atoms with van der Waals surface area (Å²) in [6.07, 6.45) is 1.61. The van der Waals surface area contributed by atoms with Crippen LogP contribution in [0.5, 0.6) is 5.75 Å². The highest BCUT2D eigenvalue weighted by atomic mass is 16.5. The first kappa shape index (κ1) is 12.6. The van der Waals surface area contributed by atoms with E-state index >= 15 is 0 Å². The van der Waals surface area contributed by atoms with Gasteiger partial charge in [-0.25, -0.2) is 4.68 Å². The summed E-state index contributed by atoms with van der Waals surface area (Å²) in [6.45, 7) is 0. The smallest absolute Gasteiger partial charge is 0.280 e. The molecule has 0 bridgehead atoms. The molecular formula is C17H13N3O2. The Morgan fingerprint density at radius 2 is 1.82 bits per heavy atom. The molecule has 22 heavy (non-hydrogen) atoms. The Morgan fingerprint density at radius 1 is 1.05 bits per heavy atom. The van der Waals surface area contributed by atoms with Crippen molar-refractivity contribution < 1.29 is 4.74 Å². The monoisotopic (exact) mass is 291 g/mol. The molecule has 0 saturated heterocycles. The summed E-state index contributed by atoms with van der Waals surface area (Å²) in [5, 5.41) is 4.66. The van der Waals surface area contributed by atoms with Gasteiger partial charge >= 0.3 is 0 Å². The van der Waals surface area contributed by atoms with Gasteiger partial charge in [0.2, 0.25) is 0 Å². The van der Waals surface area contributed by atoms with E-state index in [1.165, 1.54) is 4.68 Å². The van der Waals surface area contributed by atoms with E-state index in [-0.39, 0.29) is 5.56 Å². The zero-order chi connectivity index (χ0) is 15.1. The molecule has 0 aliphatic heterocycles. The predicted octanol–water partition coefficient (Wildman–Crippen LogP) is 2.88. The molecule has 0 unspecified atom stereocenters. The highest BCUT2D eigenvalue weighted by molar-refractivity contribution is 6.02. The molecule has 2 aromatic carbocycles. The van der Waals surface area contributed by atoms with Gasteiger partial charge in [0.25, 0.3) is 5.56 Å². The van der Waals surface area contributed by atoms with Crippen molar-refractivity contribution >= 4 is 21.8 Å². The predicted molar refractivity (Wildman–Crippen MR) is 85.7 cm³/mol. The topological polar surface area (TPSA) is 59.9 Å². The second-order valence-corrected chi connectivity index (χ2v) is 4.99. The summed E-state index contributed by atoms with van der Waals surface area (Å²) in [4.78, 5) is 17.0. The number of rotatable bonds is 2. The van der Waals surface area contributed by atoms with Crippen LogP contribution in [-0.2, 0) is 0 Å². The van der Waals surface area contributed by atoms with Crippen LogP contribution in [0.3, 0.4) is 0 Å². The largest absolute Gasteiger partial charge is 0.494 e. The molecule has 0 spiro atoms. The van der Waals surface area contributed by atoms with Gasteiger partial charge in [0, 0.05) is 11.6 Å². The van der Waals surface area contributed by atoms with Gasteiger partial charge in [-0.3, -0.25) is 14.9 Å². The van der Waals surface area contributed by atoms with Gasteiger partial charge < -0.3 is 4.74 Å². The van der Waals surface area contributed by atoms with Crippen molar-refractivity contribution in [3.05, 3.63) is 65.1 Å². The molecule has 108 valence electrons. The molecule has 0 aliphatic carbocycles. The summed E-state index contributed by atoms with van der Waals surface area (Å²) < 4.78 is 6.84. The molecule has 2 aromatic heterocycles. The molecule has 5 nitrogen and oxygen atoms in total. The fourth-order valence-corrected chi connectivity index (χ4v) is 2.69. The Morgan fingerprint density at radius 3 is 2.68 bits per heavy atom. The highest BCUT2D eigenvalue weighted by Gasteiger charge is 2.14. The average Bonchev–Trinajstić information content (AvgIpc) is 2.92. The minimum atomic E-state index is -0.141. The second kappa shape index (κ2) is 4.73. The van der Waals surface area contributed by atoms with E-state index in [1.54, 1.807) is 13.3 Å². The van der Waals surface area contributed by atoms with Gasteiger partial charge in [0.05, 0.1) is 23.5 Å². The van der Waals surface area contributed by atoms with Crippen LogP contribution in [0.25, 0.3) is 27.5 Å². The lowest BCUT2D eigenvalue weighted by atomic mass is 10.2. The lowest BCUT2D eigenvalue weighted by Crippen LogP contribution is -2.15. The molecule has 0 radical (unpaired) electrons. The third-order valence-electron chi connectivity index (χ3n) is 3.76. The summed E-state index contributed by atoms with van der Waals surface area (Å²) >= 11 is 0. The van der Waals surface area contributed by atoms with E-state index in [9.17, 15) is 4.79 Å². The first-order valence-electron chi connectivity index (χ1n) is 6.91. The Bertz CT molecular complexity index is 1050. The molecular weight excluding hydrogens is 278 g/mol. The minimum absolute atomic E-state index is 0.141.